The van der Waals surface area contributed by atoms with E-state index in [-0.39, 0.29) is 5.75 Å². The molecule has 1 heterocycles. The minimum Gasteiger partial charge on any atom is -0.507 e. The summed E-state index contributed by atoms with van der Waals surface area (Å²) in [5.74, 6) is -1.57. The lowest BCUT2D eigenvalue weighted by molar-refractivity contribution is -0.138. The van der Waals surface area contributed by atoms with Crippen LogP contribution in [0.5, 0.6) is 5.75 Å². The molecule has 0 spiro atoms. The summed E-state index contributed by atoms with van der Waals surface area (Å²) in [5.41, 5.74) is 3.49. The van der Waals surface area contributed by atoms with Gasteiger partial charge in [0.1, 0.15) is 5.75 Å². The van der Waals surface area contributed by atoms with Crippen LogP contribution in [0, 0.1) is 0 Å². The third-order valence-corrected chi connectivity index (χ3v) is 3.88. The first-order valence-electron chi connectivity index (χ1n) is 7.23. The molecule has 2 aromatic carbocycles. The Kier molecular flexibility index (Phi) is 3.85. The Morgan fingerprint density at radius 1 is 1.13 bits per heavy atom. The zero-order valence-electron chi connectivity index (χ0n) is 12.5. The van der Waals surface area contributed by atoms with Gasteiger partial charge in [-0.2, -0.15) is 5.10 Å². The number of phenols is 1. The number of carbonyl (C=O) groups is 1. The van der Waals surface area contributed by atoms with Gasteiger partial charge in [-0.1, -0.05) is 36.4 Å². The number of rotatable bonds is 4. The molecule has 3 rings (SSSR count). The summed E-state index contributed by atoms with van der Waals surface area (Å²) >= 11 is 0. The summed E-state index contributed by atoms with van der Waals surface area (Å²) in [6.07, 6.45) is 1.48. The van der Waals surface area contributed by atoms with Gasteiger partial charge < -0.3 is 10.2 Å². The van der Waals surface area contributed by atoms with Crippen LogP contribution in [-0.2, 0) is 4.79 Å². The van der Waals surface area contributed by atoms with E-state index in [4.69, 9.17) is 0 Å². The Bertz CT molecular complexity index is 840. The van der Waals surface area contributed by atoms with Gasteiger partial charge in [-0.25, -0.2) is 0 Å². The van der Waals surface area contributed by atoms with Crippen LogP contribution in [0.25, 0.3) is 22.4 Å². The highest BCUT2D eigenvalue weighted by Gasteiger charge is 2.21. The molecule has 0 aliphatic carbocycles. The first-order chi connectivity index (χ1) is 11.1. The second-order valence-electron chi connectivity index (χ2n) is 5.36. The van der Waals surface area contributed by atoms with Gasteiger partial charge in [-0.05, 0) is 30.2 Å². The molecular formula is C18H16N2O3. The minimum atomic E-state index is -0.937. The maximum Gasteiger partial charge on any atom is 0.310 e. The Labute approximate surface area is 133 Å². The smallest absolute Gasteiger partial charge is 0.310 e. The molecule has 3 aromatic rings. The molecule has 23 heavy (non-hydrogen) atoms. The molecule has 0 aliphatic rings. The molecule has 0 amide bonds. The van der Waals surface area contributed by atoms with Gasteiger partial charge >= 0.3 is 5.97 Å². The molecule has 1 atom stereocenters. The highest BCUT2D eigenvalue weighted by Crippen LogP contribution is 2.36. The molecule has 0 fully saturated rings. The topological polar surface area (TPSA) is 86.2 Å². The number of H-pyrrole nitrogens is 1. The van der Waals surface area contributed by atoms with E-state index in [0.717, 1.165) is 11.1 Å². The van der Waals surface area contributed by atoms with Gasteiger partial charge in [-0.3, -0.25) is 9.89 Å². The third kappa shape index (κ3) is 2.81. The number of aromatic amines is 1. The number of aromatic hydroxyl groups is 1. The Morgan fingerprint density at radius 3 is 2.52 bits per heavy atom. The van der Waals surface area contributed by atoms with Crippen molar-refractivity contribution in [1.82, 2.24) is 10.2 Å². The van der Waals surface area contributed by atoms with Crippen molar-refractivity contribution in [3.8, 4) is 28.1 Å². The van der Waals surface area contributed by atoms with E-state index in [9.17, 15) is 15.0 Å². The normalized spacial score (nSPS) is 12.0. The lowest BCUT2D eigenvalue weighted by Gasteiger charge is -2.10. The Hall–Kier alpha value is -3.08. The van der Waals surface area contributed by atoms with Gasteiger partial charge in [0.2, 0.25) is 0 Å². The number of hydrogen-bond donors (Lipinski definition) is 3. The molecule has 0 bridgehead atoms. The maximum absolute atomic E-state index is 11.2. The third-order valence-electron chi connectivity index (χ3n) is 3.88. The largest absolute Gasteiger partial charge is 0.507 e. The second-order valence-corrected chi connectivity index (χ2v) is 5.36. The van der Waals surface area contributed by atoms with Crippen LogP contribution >= 0.6 is 0 Å². The van der Waals surface area contributed by atoms with E-state index in [0.29, 0.717) is 16.8 Å². The average Bonchev–Trinajstić information content (AvgIpc) is 3.04. The average molecular weight is 308 g/mol. The number of nitrogens with one attached hydrogen (secondary N) is 1. The molecule has 116 valence electrons. The molecule has 0 radical (unpaired) electrons. The Balaban J connectivity index is 2.03. The first kappa shape index (κ1) is 14.8. The van der Waals surface area contributed by atoms with Gasteiger partial charge in [0.15, 0.2) is 0 Å². The molecule has 3 N–H and O–H groups in total. The van der Waals surface area contributed by atoms with E-state index in [1.165, 1.54) is 6.20 Å². The van der Waals surface area contributed by atoms with Crippen molar-refractivity contribution in [2.45, 2.75) is 12.8 Å². The quantitative estimate of drug-likeness (QED) is 0.687. The standard InChI is InChI=1S/C18H16N2O3/c1-11(18(22)23)15-10-19-20-17(15)14-8-7-13(9-16(14)21)12-5-3-2-4-6-12/h2-11,21H,1H3,(H,19,20)(H,22,23). The van der Waals surface area contributed by atoms with Crippen molar-refractivity contribution >= 4 is 5.97 Å². The van der Waals surface area contributed by atoms with Crippen molar-refractivity contribution in [2.24, 2.45) is 0 Å². The zero-order chi connectivity index (χ0) is 16.4. The number of benzene rings is 2. The van der Waals surface area contributed by atoms with Gasteiger partial charge in [-0.15, -0.1) is 0 Å². The van der Waals surface area contributed by atoms with E-state index in [2.05, 4.69) is 10.2 Å². The highest BCUT2D eigenvalue weighted by atomic mass is 16.4. The van der Waals surface area contributed by atoms with Crippen LogP contribution in [0.4, 0.5) is 0 Å². The number of nitrogens with zero attached hydrogens (tertiary/aromatic N) is 1. The van der Waals surface area contributed by atoms with Gasteiger partial charge in [0.25, 0.3) is 0 Å². The highest BCUT2D eigenvalue weighted by molar-refractivity contribution is 5.82. The summed E-state index contributed by atoms with van der Waals surface area (Å²) < 4.78 is 0. The molecular weight excluding hydrogens is 292 g/mol. The van der Waals surface area contributed by atoms with Crippen LogP contribution in [0.3, 0.4) is 0 Å². The molecule has 0 saturated carbocycles. The van der Waals surface area contributed by atoms with Crippen molar-refractivity contribution in [1.29, 1.82) is 0 Å². The van der Waals surface area contributed by atoms with Crippen LogP contribution < -0.4 is 0 Å². The van der Waals surface area contributed by atoms with Crippen LogP contribution in [0.15, 0.2) is 54.7 Å². The fourth-order valence-corrected chi connectivity index (χ4v) is 2.53. The van der Waals surface area contributed by atoms with E-state index in [1.54, 1.807) is 19.1 Å². The Morgan fingerprint density at radius 2 is 1.87 bits per heavy atom. The number of carboxylic acid groups (broad SMARTS) is 1. The van der Waals surface area contributed by atoms with Crippen molar-refractivity contribution < 1.29 is 15.0 Å². The van der Waals surface area contributed by atoms with Crippen molar-refractivity contribution in [3.05, 3.63) is 60.3 Å². The van der Waals surface area contributed by atoms with Crippen LogP contribution in [0.2, 0.25) is 0 Å². The summed E-state index contributed by atoms with van der Waals surface area (Å²) in [4.78, 5) is 11.2. The lowest BCUT2D eigenvalue weighted by Crippen LogP contribution is -2.07. The monoisotopic (exact) mass is 308 g/mol. The fraction of sp³-hybridized carbons (Fsp3) is 0.111. The number of aromatic nitrogens is 2. The maximum atomic E-state index is 11.2. The van der Waals surface area contributed by atoms with Gasteiger partial charge in [0, 0.05) is 11.1 Å². The summed E-state index contributed by atoms with van der Waals surface area (Å²) in [5, 5.41) is 26.3. The molecule has 1 unspecified atom stereocenters. The van der Waals surface area contributed by atoms with Crippen molar-refractivity contribution in [2.75, 3.05) is 0 Å². The second kappa shape index (κ2) is 5.96. The number of phenolic OH excluding ortho intramolecular Hbond substituents is 1. The SMILES string of the molecule is CC(C(=O)O)c1cn[nH]c1-c1ccc(-c2ccccc2)cc1O. The van der Waals surface area contributed by atoms with Crippen LogP contribution in [-0.4, -0.2) is 26.4 Å². The van der Waals surface area contributed by atoms with E-state index >= 15 is 0 Å². The van der Waals surface area contributed by atoms with E-state index < -0.39 is 11.9 Å². The molecule has 0 saturated heterocycles. The van der Waals surface area contributed by atoms with E-state index in [1.807, 2.05) is 36.4 Å². The molecule has 5 nitrogen and oxygen atoms in total. The number of hydrogen-bond acceptors (Lipinski definition) is 3. The predicted molar refractivity (Wildman–Crippen MR) is 87.2 cm³/mol. The first-order valence-corrected chi connectivity index (χ1v) is 7.23. The summed E-state index contributed by atoms with van der Waals surface area (Å²) in [6.45, 7) is 1.59. The van der Waals surface area contributed by atoms with Crippen LogP contribution in [0.1, 0.15) is 18.4 Å². The molecule has 1 aromatic heterocycles. The van der Waals surface area contributed by atoms with Crippen molar-refractivity contribution in [3.63, 3.8) is 0 Å². The van der Waals surface area contributed by atoms with Gasteiger partial charge in [0.05, 0.1) is 17.8 Å². The molecule has 5 heteroatoms. The minimum absolute atomic E-state index is 0.0782. The fourth-order valence-electron chi connectivity index (χ4n) is 2.53. The predicted octanol–water partition coefficient (Wildman–Crippen LogP) is 3.64. The molecule has 0 aliphatic heterocycles. The number of carboxylic acids is 1. The zero-order valence-corrected chi connectivity index (χ0v) is 12.5. The summed E-state index contributed by atoms with van der Waals surface area (Å²) in [6, 6.07) is 15.0. The number of aliphatic carboxylic acids is 1. The lowest BCUT2D eigenvalue weighted by atomic mass is 9.96. The summed E-state index contributed by atoms with van der Waals surface area (Å²) in [7, 11) is 0.